The predicted molar refractivity (Wildman–Crippen MR) is 157 cm³/mol. The zero-order valence-electron chi connectivity index (χ0n) is 22.7. The normalized spacial score (nSPS) is 20.3. The van der Waals surface area contributed by atoms with Crippen molar-refractivity contribution in [2.75, 3.05) is 31.1 Å². The van der Waals surface area contributed by atoms with Crippen molar-refractivity contribution in [3.63, 3.8) is 0 Å². The zero-order valence-corrected chi connectivity index (χ0v) is 24.4. The van der Waals surface area contributed by atoms with Gasteiger partial charge in [-0.05, 0) is 43.0 Å². The molecule has 2 aromatic heterocycles. The molecule has 3 unspecified atom stereocenters. The van der Waals surface area contributed by atoms with E-state index in [9.17, 15) is 17.9 Å². The lowest BCUT2D eigenvalue weighted by Gasteiger charge is -2.37. The summed E-state index contributed by atoms with van der Waals surface area (Å²) in [6, 6.07) is 13.9. The van der Waals surface area contributed by atoms with E-state index < -0.39 is 16.1 Å². The standard InChI is InChI=1S/C29H33FN6O3S2/c1-20(33-41(38,39)28-16-32-29(40-28)35-13-12-34-18-24(37)14-23(34)17-35)25-4-2-3-5-26(25)27-15-31-19-36(27)11-10-21-6-8-22(30)9-7-21/h2-9,15-16,19-20,23-24,33,37H,10-14,17-18H2,1H3. The Morgan fingerprint density at radius 2 is 1.93 bits per heavy atom. The van der Waals surface area contributed by atoms with Crippen LogP contribution >= 0.6 is 11.3 Å². The summed E-state index contributed by atoms with van der Waals surface area (Å²) in [4.78, 5) is 13.2. The summed E-state index contributed by atoms with van der Waals surface area (Å²) < 4.78 is 45.2. The lowest BCUT2D eigenvalue weighted by Crippen LogP contribution is -2.50. The molecule has 2 saturated heterocycles. The average Bonchev–Trinajstić information content (AvgIpc) is 3.71. The smallest absolute Gasteiger partial charge is 0.252 e. The first-order chi connectivity index (χ1) is 19.8. The molecular formula is C29H33FN6O3S2. The molecule has 41 heavy (non-hydrogen) atoms. The third kappa shape index (κ3) is 6.07. The van der Waals surface area contributed by atoms with Crippen LogP contribution < -0.4 is 9.62 Å². The Morgan fingerprint density at radius 1 is 1.12 bits per heavy atom. The van der Waals surface area contributed by atoms with Crippen LogP contribution in [0.4, 0.5) is 9.52 Å². The molecule has 2 N–H and O–H groups in total. The van der Waals surface area contributed by atoms with E-state index in [0.29, 0.717) is 24.6 Å². The number of rotatable bonds is 9. The molecular weight excluding hydrogens is 563 g/mol. The summed E-state index contributed by atoms with van der Waals surface area (Å²) in [7, 11) is -3.82. The number of fused-ring (bicyclic) bond motifs is 1. The van der Waals surface area contributed by atoms with Crippen molar-refractivity contribution in [2.45, 2.75) is 48.7 Å². The number of benzene rings is 2. The maximum absolute atomic E-state index is 13.4. The molecule has 2 aliphatic rings. The Bertz CT molecular complexity index is 1610. The van der Waals surface area contributed by atoms with Crippen molar-refractivity contribution >= 4 is 26.5 Å². The van der Waals surface area contributed by atoms with Gasteiger partial charge in [0.1, 0.15) is 5.82 Å². The molecule has 12 heteroatoms. The Hall–Kier alpha value is -3.16. The van der Waals surface area contributed by atoms with Crippen LogP contribution in [-0.4, -0.2) is 71.3 Å². The fourth-order valence-corrected chi connectivity index (χ4v) is 8.19. The number of sulfonamides is 1. The van der Waals surface area contributed by atoms with Gasteiger partial charge in [-0.1, -0.05) is 47.7 Å². The number of piperazine rings is 1. The van der Waals surface area contributed by atoms with Crippen LogP contribution in [0, 0.1) is 5.82 Å². The number of nitrogens with zero attached hydrogens (tertiary/aromatic N) is 5. The molecule has 0 spiro atoms. The number of hydrogen-bond donors (Lipinski definition) is 2. The van der Waals surface area contributed by atoms with Crippen LogP contribution in [0.25, 0.3) is 11.3 Å². The molecule has 216 valence electrons. The minimum absolute atomic E-state index is 0.176. The number of aryl methyl sites for hydroxylation is 2. The van der Waals surface area contributed by atoms with Gasteiger partial charge in [-0.15, -0.1) is 0 Å². The maximum atomic E-state index is 13.4. The summed E-state index contributed by atoms with van der Waals surface area (Å²) in [5.74, 6) is -0.260. The second-order valence-electron chi connectivity index (χ2n) is 10.7. The molecule has 0 amide bonds. The highest BCUT2D eigenvalue weighted by Crippen LogP contribution is 2.33. The van der Waals surface area contributed by atoms with E-state index in [1.54, 1.807) is 24.7 Å². The third-order valence-corrected chi connectivity index (χ3v) is 11.0. The fraction of sp³-hybridized carbons (Fsp3) is 0.379. The number of aromatic nitrogens is 3. The van der Waals surface area contributed by atoms with Crippen molar-refractivity contribution in [3.8, 4) is 11.3 Å². The molecule has 2 aromatic carbocycles. The summed E-state index contributed by atoms with van der Waals surface area (Å²) in [5.41, 5.74) is 3.62. The SMILES string of the molecule is CC(NS(=O)(=O)c1cnc(N2CCN3CC(O)CC3C2)s1)c1ccccc1-c1cncn1CCc1ccc(F)cc1. The van der Waals surface area contributed by atoms with E-state index in [1.165, 1.54) is 29.7 Å². The number of anilines is 1. The molecule has 9 nitrogen and oxygen atoms in total. The van der Waals surface area contributed by atoms with Gasteiger partial charge in [0.15, 0.2) is 9.34 Å². The van der Waals surface area contributed by atoms with Crippen molar-refractivity contribution in [2.24, 2.45) is 0 Å². The van der Waals surface area contributed by atoms with Gasteiger partial charge in [0.2, 0.25) is 0 Å². The molecule has 4 heterocycles. The Labute approximate surface area is 243 Å². The van der Waals surface area contributed by atoms with Crippen molar-refractivity contribution in [1.29, 1.82) is 0 Å². The average molecular weight is 597 g/mol. The number of nitrogens with one attached hydrogen (secondary N) is 1. The largest absolute Gasteiger partial charge is 0.392 e. The Morgan fingerprint density at radius 3 is 2.76 bits per heavy atom. The van der Waals surface area contributed by atoms with Gasteiger partial charge >= 0.3 is 0 Å². The molecule has 0 radical (unpaired) electrons. The Kier molecular flexibility index (Phi) is 7.92. The van der Waals surface area contributed by atoms with Crippen LogP contribution in [0.2, 0.25) is 0 Å². The summed E-state index contributed by atoms with van der Waals surface area (Å²) in [5, 5.41) is 10.7. The quantitative estimate of drug-likeness (QED) is 0.304. The van der Waals surface area contributed by atoms with E-state index in [4.69, 9.17) is 0 Å². The lowest BCUT2D eigenvalue weighted by molar-refractivity contribution is 0.173. The first kappa shape index (κ1) is 28.0. The van der Waals surface area contributed by atoms with Crippen molar-refractivity contribution < 1.29 is 17.9 Å². The number of aliphatic hydroxyl groups is 1. The molecule has 6 rings (SSSR count). The fourth-order valence-electron chi connectivity index (χ4n) is 5.80. The summed E-state index contributed by atoms with van der Waals surface area (Å²) in [6.45, 7) is 5.50. The Balaban J connectivity index is 1.16. The molecule has 2 aliphatic heterocycles. The van der Waals surface area contributed by atoms with Gasteiger partial charge in [-0.3, -0.25) is 4.90 Å². The third-order valence-electron chi connectivity index (χ3n) is 7.90. The van der Waals surface area contributed by atoms with Gasteiger partial charge in [0.25, 0.3) is 10.0 Å². The predicted octanol–water partition coefficient (Wildman–Crippen LogP) is 3.68. The van der Waals surface area contributed by atoms with Gasteiger partial charge in [0, 0.05) is 50.4 Å². The van der Waals surface area contributed by atoms with Crippen LogP contribution in [-0.2, 0) is 23.0 Å². The summed E-state index contributed by atoms with van der Waals surface area (Å²) in [6.07, 6.45) is 6.11. The molecule has 2 fully saturated rings. The molecule has 0 saturated carbocycles. The van der Waals surface area contributed by atoms with E-state index in [1.807, 2.05) is 35.8 Å². The van der Waals surface area contributed by atoms with E-state index in [0.717, 1.165) is 48.4 Å². The number of hydrogen-bond acceptors (Lipinski definition) is 8. The van der Waals surface area contributed by atoms with Gasteiger partial charge in [-0.2, -0.15) is 0 Å². The topological polar surface area (TPSA) is 104 Å². The highest BCUT2D eigenvalue weighted by atomic mass is 32.2. The van der Waals surface area contributed by atoms with Crippen LogP contribution in [0.1, 0.15) is 30.5 Å². The number of imidazole rings is 1. The maximum Gasteiger partial charge on any atom is 0.252 e. The summed E-state index contributed by atoms with van der Waals surface area (Å²) >= 11 is 1.17. The van der Waals surface area contributed by atoms with Crippen LogP contribution in [0.15, 0.2) is 71.5 Å². The first-order valence-corrected chi connectivity index (χ1v) is 16.1. The molecule has 3 atom stereocenters. The van der Waals surface area contributed by atoms with Crippen molar-refractivity contribution in [3.05, 3.63) is 84.2 Å². The zero-order chi connectivity index (χ0) is 28.6. The molecule has 0 aliphatic carbocycles. The van der Waals surface area contributed by atoms with Crippen molar-refractivity contribution in [1.82, 2.24) is 24.2 Å². The monoisotopic (exact) mass is 596 g/mol. The van der Waals surface area contributed by atoms with Gasteiger partial charge in [-0.25, -0.2) is 27.5 Å². The van der Waals surface area contributed by atoms with Gasteiger partial charge < -0.3 is 14.6 Å². The lowest BCUT2D eigenvalue weighted by atomic mass is 10.00. The van der Waals surface area contributed by atoms with E-state index in [2.05, 4.69) is 24.5 Å². The number of aliphatic hydroxyl groups excluding tert-OH is 1. The second-order valence-corrected chi connectivity index (χ2v) is 13.7. The first-order valence-electron chi connectivity index (χ1n) is 13.8. The highest BCUT2D eigenvalue weighted by molar-refractivity contribution is 7.91. The molecule has 4 aromatic rings. The number of thiazole rings is 1. The van der Waals surface area contributed by atoms with Gasteiger partial charge in [0.05, 0.1) is 30.5 Å². The minimum atomic E-state index is -3.82. The van der Waals surface area contributed by atoms with E-state index in [-0.39, 0.29) is 22.2 Å². The van der Waals surface area contributed by atoms with Crippen LogP contribution in [0.3, 0.4) is 0 Å². The number of halogens is 1. The van der Waals surface area contributed by atoms with E-state index >= 15 is 0 Å². The minimum Gasteiger partial charge on any atom is -0.392 e. The highest BCUT2D eigenvalue weighted by Gasteiger charge is 2.36. The second kappa shape index (κ2) is 11.6. The molecule has 0 bridgehead atoms. The van der Waals surface area contributed by atoms with Crippen LogP contribution in [0.5, 0.6) is 0 Å².